The Morgan fingerprint density at radius 2 is 0.967 bits per heavy atom. The molecule has 1 heterocycles. The lowest BCUT2D eigenvalue weighted by Crippen LogP contribution is -2.58. The molecule has 1 aliphatic heterocycles. The zero-order valence-corrected chi connectivity index (χ0v) is 18.7. The Kier molecular flexibility index (Phi) is 9.54. The molecule has 0 aliphatic carbocycles. The highest BCUT2D eigenvalue weighted by atomic mass is 16.3. The van der Waals surface area contributed by atoms with Crippen molar-refractivity contribution >= 4 is 23.1 Å². The predicted octanol–water partition coefficient (Wildman–Crippen LogP) is 1.41. The molecule has 0 aromatic rings. The fourth-order valence-electron chi connectivity index (χ4n) is 3.00. The van der Waals surface area contributed by atoms with Crippen molar-refractivity contribution in [2.24, 2.45) is 5.92 Å². The fraction of sp³-hybridized carbons (Fsp3) is 0.619. The lowest BCUT2D eigenvalue weighted by atomic mass is 10.1. The van der Waals surface area contributed by atoms with Gasteiger partial charge in [0.2, 0.25) is 23.1 Å². The normalized spacial score (nSPS) is 15.7. The van der Waals surface area contributed by atoms with Gasteiger partial charge in [0, 0.05) is 5.92 Å². The van der Waals surface area contributed by atoms with E-state index < -0.39 is 29.1 Å². The number of Topliss-reactive ketones (excluding diaryl/α,β-unsaturated/α-hetero) is 4. The summed E-state index contributed by atoms with van der Waals surface area (Å²) < 4.78 is 0. The zero-order valence-electron chi connectivity index (χ0n) is 18.7. The van der Waals surface area contributed by atoms with E-state index in [1.54, 1.807) is 56.2 Å². The predicted molar refractivity (Wildman–Crippen MR) is 112 cm³/mol. The lowest BCUT2D eigenvalue weighted by Gasteiger charge is -2.41. The second-order valence-corrected chi connectivity index (χ2v) is 8.40. The van der Waals surface area contributed by atoms with Gasteiger partial charge in [-0.3, -0.25) is 33.9 Å². The van der Waals surface area contributed by atoms with Gasteiger partial charge in [0.1, 0.15) is 0 Å². The van der Waals surface area contributed by atoms with Gasteiger partial charge >= 0.3 is 0 Å². The second-order valence-electron chi connectivity index (χ2n) is 8.40. The van der Waals surface area contributed by atoms with E-state index in [1.165, 1.54) is 0 Å². The number of nitrogens with zero attached hydrogens (tertiary/aromatic N) is 3. The van der Waals surface area contributed by atoms with E-state index in [2.05, 4.69) is 0 Å². The molecule has 168 valence electrons. The van der Waals surface area contributed by atoms with Crippen molar-refractivity contribution in [2.75, 3.05) is 39.6 Å². The Hall–Kier alpha value is -2.36. The van der Waals surface area contributed by atoms with Gasteiger partial charge < -0.3 is 10.2 Å². The smallest absolute Gasteiger partial charge is 0.212 e. The van der Waals surface area contributed by atoms with Crippen molar-refractivity contribution in [3.8, 4) is 0 Å². The van der Waals surface area contributed by atoms with Crippen LogP contribution in [0.3, 0.4) is 0 Å². The molecule has 0 aromatic heterocycles. The molecular weight excluding hydrogens is 390 g/mol. The standard InChI is InChI=1S/C21H33N3O6/c1-13(2)19(28)16(25)7-22-10-23(8-17(26)20(29)14(3)4)12-24(11-22)9-18(27)21(30)15(5)6/h13,29-30H,7-12H2,1-6H3. The number of aliphatic hydroxyl groups excluding tert-OH is 2. The Balaban J connectivity index is 2.98. The first-order chi connectivity index (χ1) is 13.8. The van der Waals surface area contributed by atoms with Gasteiger partial charge in [0.15, 0.2) is 11.5 Å². The molecule has 0 aromatic carbocycles. The van der Waals surface area contributed by atoms with Crippen molar-refractivity contribution in [3.63, 3.8) is 0 Å². The molecule has 30 heavy (non-hydrogen) atoms. The van der Waals surface area contributed by atoms with Crippen LogP contribution in [-0.4, -0.2) is 87.7 Å². The first kappa shape index (κ1) is 25.7. The minimum absolute atomic E-state index is 0.112. The molecule has 2 N–H and O–H groups in total. The number of hydrogen-bond acceptors (Lipinski definition) is 9. The maximum atomic E-state index is 12.3. The highest BCUT2D eigenvalue weighted by Crippen LogP contribution is 2.12. The number of carbonyl (C=O) groups excluding carboxylic acids is 4. The van der Waals surface area contributed by atoms with E-state index >= 15 is 0 Å². The molecule has 0 bridgehead atoms. The van der Waals surface area contributed by atoms with Gasteiger partial charge in [-0.25, -0.2) is 0 Å². The summed E-state index contributed by atoms with van der Waals surface area (Å²) in [7, 11) is 0. The highest BCUT2D eigenvalue weighted by Gasteiger charge is 2.30. The van der Waals surface area contributed by atoms with Gasteiger partial charge in [0.05, 0.1) is 39.6 Å². The number of carbonyl (C=O) groups is 4. The first-order valence-electron chi connectivity index (χ1n) is 9.86. The minimum Gasteiger partial charge on any atom is -0.504 e. The van der Waals surface area contributed by atoms with Crippen LogP contribution in [0, 0.1) is 5.92 Å². The molecule has 1 fully saturated rings. The third kappa shape index (κ3) is 7.47. The summed E-state index contributed by atoms with van der Waals surface area (Å²) in [6.07, 6.45) is 0. The van der Waals surface area contributed by atoms with Crippen LogP contribution < -0.4 is 0 Å². The van der Waals surface area contributed by atoms with Crippen LogP contribution in [0.1, 0.15) is 41.5 Å². The molecule has 0 radical (unpaired) electrons. The molecule has 0 saturated carbocycles. The summed E-state index contributed by atoms with van der Waals surface area (Å²) >= 11 is 0. The van der Waals surface area contributed by atoms with Crippen LogP contribution in [0.2, 0.25) is 0 Å². The summed E-state index contributed by atoms with van der Waals surface area (Å²) in [5, 5.41) is 19.8. The molecule has 9 heteroatoms. The average molecular weight is 424 g/mol. The first-order valence-corrected chi connectivity index (χ1v) is 9.86. The van der Waals surface area contributed by atoms with Crippen LogP contribution in [0.5, 0.6) is 0 Å². The molecule has 0 atom stereocenters. The maximum Gasteiger partial charge on any atom is 0.212 e. The van der Waals surface area contributed by atoms with E-state index in [0.717, 1.165) is 0 Å². The second kappa shape index (κ2) is 11.1. The van der Waals surface area contributed by atoms with Crippen molar-refractivity contribution in [1.29, 1.82) is 0 Å². The summed E-state index contributed by atoms with van der Waals surface area (Å²) in [5.74, 6) is -3.01. The summed E-state index contributed by atoms with van der Waals surface area (Å²) in [4.78, 5) is 53.8. The Labute approximate surface area is 177 Å². The van der Waals surface area contributed by atoms with Crippen molar-refractivity contribution < 1.29 is 29.4 Å². The van der Waals surface area contributed by atoms with Gasteiger partial charge in [-0.05, 0) is 38.8 Å². The van der Waals surface area contributed by atoms with E-state index in [9.17, 15) is 29.4 Å². The highest BCUT2D eigenvalue weighted by molar-refractivity contribution is 6.38. The van der Waals surface area contributed by atoms with E-state index in [-0.39, 0.29) is 51.2 Å². The molecule has 1 aliphatic rings. The van der Waals surface area contributed by atoms with Crippen LogP contribution in [0.15, 0.2) is 22.7 Å². The third-order valence-corrected chi connectivity index (χ3v) is 4.58. The molecule has 0 unspecified atom stereocenters. The number of hydrogen-bond donors (Lipinski definition) is 2. The largest absolute Gasteiger partial charge is 0.504 e. The summed E-state index contributed by atoms with van der Waals surface area (Å²) in [6, 6.07) is 0. The van der Waals surface area contributed by atoms with Crippen LogP contribution >= 0.6 is 0 Å². The quantitative estimate of drug-likeness (QED) is 0.305. The fourth-order valence-corrected chi connectivity index (χ4v) is 3.00. The Morgan fingerprint density at radius 1 is 0.667 bits per heavy atom. The number of rotatable bonds is 10. The van der Waals surface area contributed by atoms with Crippen LogP contribution in [0.25, 0.3) is 0 Å². The van der Waals surface area contributed by atoms with Gasteiger partial charge in [-0.2, -0.15) is 0 Å². The van der Waals surface area contributed by atoms with Gasteiger partial charge in [0.25, 0.3) is 0 Å². The molecule has 9 nitrogen and oxygen atoms in total. The van der Waals surface area contributed by atoms with Gasteiger partial charge in [-0.1, -0.05) is 13.8 Å². The van der Waals surface area contributed by atoms with E-state index in [1.807, 2.05) is 0 Å². The molecule has 1 rings (SSSR count). The van der Waals surface area contributed by atoms with Crippen molar-refractivity contribution in [1.82, 2.24) is 14.7 Å². The topological polar surface area (TPSA) is 118 Å². The van der Waals surface area contributed by atoms with Crippen LogP contribution in [0.4, 0.5) is 0 Å². The molecular formula is C21H33N3O6. The number of ketones is 4. The molecule has 0 spiro atoms. The molecule has 0 amide bonds. The number of aliphatic hydroxyl groups is 2. The van der Waals surface area contributed by atoms with Crippen molar-refractivity contribution in [3.05, 3.63) is 22.7 Å². The van der Waals surface area contributed by atoms with Gasteiger partial charge in [-0.15, -0.1) is 0 Å². The summed E-state index contributed by atoms with van der Waals surface area (Å²) in [6.45, 7) is 10.1. The SMILES string of the molecule is CC(C)=C(O)C(=O)CN1CN(CC(=O)C(=O)C(C)C)CN(CC(=O)C(O)=C(C)C)C1. The van der Waals surface area contributed by atoms with E-state index in [0.29, 0.717) is 11.1 Å². The molecule has 1 saturated heterocycles. The zero-order chi connectivity index (χ0) is 23.2. The minimum atomic E-state index is -0.538. The Morgan fingerprint density at radius 3 is 1.23 bits per heavy atom. The van der Waals surface area contributed by atoms with Crippen molar-refractivity contribution in [2.45, 2.75) is 41.5 Å². The monoisotopic (exact) mass is 423 g/mol. The maximum absolute atomic E-state index is 12.3. The number of allylic oxidation sites excluding steroid dienone is 2. The Bertz CT molecular complexity index is 715. The lowest BCUT2D eigenvalue weighted by molar-refractivity contribution is -0.141. The third-order valence-electron chi connectivity index (χ3n) is 4.58. The summed E-state index contributed by atoms with van der Waals surface area (Å²) in [5.41, 5.74) is 0.985. The average Bonchev–Trinajstić information content (AvgIpc) is 2.65. The van der Waals surface area contributed by atoms with E-state index in [4.69, 9.17) is 0 Å². The van der Waals surface area contributed by atoms with Crippen LogP contribution in [-0.2, 0) is 19.2 Å².